The van der Waals surface area contributed by atoms with Crippen LogP contribution in [0.5, 0.6) is 0 Å². The summed E-state index contributed by atoms with van der Waals surface area (Å²) in [5, 5.41) is 6.21. The van der Waals surface area contributed by atoms with Crippen molar-refractivity contribution >= 4 is 11.9 Å². The van der Waals surface area contributed by atoms with Crippen molar-refractivity contribution in [1.29, 1.82) is 0 Å². The molecule has 0 bridgehead atoms. The van der Waals surface area contributed by atoms with E-state index in [0.29, 0.717) is 6.42 Å². The largest absolute Gasteiger partial charge is 0.467 e. The molecular formula is C19H28N2O4. The lowest BCUT2D eigenvalue weighted by Gasteiger charge is -2.28. The van der Waals surface area contributed by atoms with E-state index < -0.39 is 12.0 Å². The summed E-state index contributed by atoms with van der Waals surface area (Å²) in [6.07, 6.45) is 2.24. The van der Waals surface area contributed by atoms with Crippen LogP contribution in [0, 0.1) is 5.92 Å². The lowest BCUT2D eigenvalue weighted by Crippen LogP contribution is -2.50. The molecule has 25 heavy (non-hydrogen) atoms. The van der Waals surface area contributed by atoms with E-state index >= 15 is 0 Å². The molecule has 138 valence electrons. The third-order valence-corrected chi connectivity index (χ3v) is 4.76. The molecule has 4 atom stereocenters. The third kappa shape index (κ3) is 5.28. The summed E-state index contributed by atoms with van der Waals surface area (Å²) in [4.78, 5) is 24.8. The summed E-state index contributed by atoms with van der Waals surface area (Å²) >= 11 is 0. The number of carbonyl (C=O) groups excluding carboxylic acids is 2. The molecule has 1 heterocycles. The van der Waals surface area contributed by atoms with Gasteiger partial charge in [0.05, 0.1) is 19.1 Å². The van der Waals surface area contributed by atoms with Crippen LogP contribution < -0.4 is 10.6 Å². The van der Waals surface area contributed by atoms with Gasteiger partial charge in [0, 0.05) is 19.6 Å². The molecule has 2 N–H and O–H groups in total. The van der Waals surface area contributed by atoms with Gasteiger partial charge < -0.3 is 20.1 Å². The van der Waals surface area contributed by atoms with Crippen LogP contribution in [0.1, 0.15) is 25.3 Å². The first-order chi connectivity index (χ1) is 12.1. The van der Waals surface area contributed by atoms with Crippen molar-refractivity contribution in [2.45, 2.75) is 44.4 Å². The molecule has 0 aliphatic carbocycles. The average Bonchev–Trinajstić information content (AvgIpc) is 3.16. The van der Waals surface area contributed by atoms with Crippen LogP contribution in [-0.2, 0) is 25.5 Å². The van der Waals surface area contributed by atoms with E-state index in [1.807, 2.05) is 37.3 Å². The summed E-state index contributed by atoms with van der Waals surface area (Å²) in [6.45, 7) is 2.78. The smallest absolute Gasteiger partial charge is 0.328 e. The lowest BCUT2D eigenvalue weighted by atomic mass is 9.95. The van der Waals surface area contributed by atoms with Crippen molar-refractivity contribution in [2.75, 3.05) is 20.8 Å². The maximum atomic E-state index is 12.7. The predicted octanol–water partition coefficient (Wildman–Crippen LogP) is 1.29. The van der Waals surface area contributed by atoms with Crippen molar-refractivity contribution in [3.8, 4) is 0 Å². The Labute approximate surface area is 149 Å². The molecular weight excluding hydrogens is 320 g/mol. The number of hydrogen-bond donors (Lipinski definition) is 2. The Morgan fingerprint density at radius 1 is 1.28 bits per heavy atom. The predicted molar refractivity (Wildman–Crippen MR) is 95.1 cm³/mol. The van der Waals surface area contributed by atoms with Gasteiger partial charge in [-0.15, -0.1) is 0 Å². The van der Waals surface area contributed by atoms with Crippen LogP contribution in [-0.4, -0.2) is 50.8 Å². The molecule has 6 nitrogen and oxygen atoms in total. The van der Waals surface area contributed by atoms with Gasteiger partial charge in [-0.1, -0.05) is 37.3 Å². The van der Waals surface area contributed by atoms with Crippen molar-refractivity contribution < 1.29 is 19.1 Å². The Morgan fingerprint density at radius 2 is 2.00 bits per heavy atom. The maximum absolute atomic E-state index is 12.7. The summed E-state index contributed by atoms with van der Waals surface area (Å²) in [5.74, 6) is -1.02. The number of rotatable bonds is 8. The number of hydrogen-bond acceptors (Lipinski definition) is 5. The average molecular weight is 348 g/mol. The van der Waals surface area contributed by atoms with E-state index in [0.717, 1.165) is 24.9 Å². The zero-order chi connectivity index (χ0) is 18.2. The van der Waals surface area contributed by atoms with E-state index in [1.165, 1.54) is 7.11 Å². The van der Waals surface area contributed by atoms with Gasteiger partial charge in [-0.3, -0.25) is 4.79 Å². The van der Waals surface area contributed by atoms with Crippen molar-refractivity contribution in [2.24, 2.45) is 5.92 Å². The number of ether oxygens (including phenoxy) is 2. The Hall–Kier alpha value is -1.92. The van der Waals surface area contributed by atoms with Crippen LogP contribution >= 0.6 is 0 Å². The van der Waals surface area contributed by atoms with E-state index in [-0.39, 0.29) is 24.0 Å². The Balaban J connectivity index is 2.03. The zero-order valence-electron chi connectivity index (χ0n) is 15.2. The SMILES string of the molecule is COC(=O)[C@@H](Cc1ccccc1)NC(=O)[C@@H](C)[C@H](OC)[C@H]1CCCN1. The van der Waals surface area contributed by atoms with Gasteiger partial charge in [-0.25, -0.2) is 4.79 Å². The highest BCUT2D eigenvalue weighted by molar-refractivity contribution is 5.86. The first-order valence-corrected chi connectivity index (χ1v) is 8.75. The zero-order valence-corrected chi connectivity index (χ0v) is 15.2. The monoisotopic (exact) mass is 348 g/mol. The highest BCUT2D eigenvalue weighted by Crippen LogP contribution is 2.19. The maximum Gasteiger partial charge on any atom is 0.328 e. The third-order valence-electron chi connectivity index (χ3n) is 4.76. The molecule has 0 spiro atoms. The minimum atomic E-state index is -0.712. The van der Waals surface area contributed by atoms with Gasteiger partial charge in [-0.2, -0.15) is 0 Å². The molecule has 1 aromatic rings. The molecule has 0 unspecified atom stereocenters. The normalized spacial score (nSPS) is 20.5. The minimum absolute atomic E-state index is 0.163. The quantitative estimate of drug-likeness (QED) is 0.693. The number of carbonyl (C=O) groups is 2. The fraction of sp³-hybridized carbons (Fsp3) is 0.579. The van der Waals surface area contributed by atoms with Gasteiger partial charge >= 0.3 is 5.97 Å². The lowest BCUT2D eigenvalue weighted by molar-refractivity contribution is -0.146. The van der Waals surface area contributed by atoms with Gasteiger partial charge in [0.1, 0.15) is 6.04 Å². The highest BCUT2D eigenvalue weighted by Gasteiger charge is 2.34. The molecule has 6 heteroatoms. The number of amides is 1. The van der Waals surface area contributed by atoms with Crippen molar-refractivity contribution in [1.82, 2.24) is 10.6 Å². The molecule has 0 radical (unpaired) electrons. The number of methoxy groups -OCH3 is 2. The van der Waals surface area contributed by atoms with E-state index in [2.05, 4.69) is 10.6 Å². The fourth-order valence-electron chi connectivity index (χ4n) is 3.35. The van der Waals surface area contributed by atoms with Crippen LogP contribution in [0.2, 0.25) is 0 Å². The first kappa shape index (κ1) is 19.4. The molecule has 1 saturated heterocycles. The van der Waals surface area contributed by atoms with Crippen LogP contribution in [0.25, 0.3) is 0 Å². The molecule has 1 aromatic carbocycles. The van der Waals surface area contributed by atoms with Crippen LogP contribution in [0.3, 0.4) is 0 Å². The van der Waals surface area contributed by atoms with Gasteiger partial charge in [0.15, 0.2) is 0 Å². The van der Waals surface area contributed by atoms with E-state index in [4.69, 9.17) is 9.47 Å². The molecule has 1 aliphatic rings. The molecule has 0 aromatic heterocycles. The van der Waals surface area contributed by atoms with E-state index in [9.17, 15) is 9.59 Å². The molecule has 1 aliphatic heterocycles. The van der Waals surface area contributed by atoms with Gasteiger partial charge in [0.25, 0.3) is 0 Å². The minimum Gasteiger partial charge on any atom is -0.467 e. The summed E-state index contributed by atoms with van der Waals surface area (Å²) in [5.41, 5.74) is 0.964. The fourth-order valence-corrected chi connectivity index (χ4v) is 3.35. The topological polar surface area (TPSA) is 76.7 Å². The standard InChI is InChI=1S/C19H28N2O4/c1-13(17(24-2)15-10-7-11-20-15)18(22)21-16(19(23)25-3)12-14-8-5-4-6-9-14/h4-6,8-9,13,15-17,20H,7,10-12H2,1-3H3,(H,21,22)/t13-,15+,16+,17-/m0/s1. The summed E-state index contributed by atoms with van der Waals surface area (Å²) < 4.78 is 10.4. The Bertz CT molecular complexity index is 558. The number of nitrogens with one attached hydrogen (secondary N) is 2. The van der Waals surface area contributed by atoms with Gasteiger partial charge in [-0.05, 0) is 24.9 Å². The second-order valence-corrected chi connectivity index (χ2v) is 6.47. The first-order valence-electron chi connectivity index (χ1n) is 8.75. The number of esters is 1. The van der Waals surface area contributed by atoms with Crippen LogP contribution in [0.4, 0.5) is 0 Å². The second kappa shape index (κ2) is 9.53. The molecule has 1 fully saturated rings. The van der Waals surface area contributed by atoms with Gasteiger partial charge in [0.2, 0.25) is 5.91 Å². The summed E-state index contributed by atoms with van der Waals surface area (Å²) in [6, 6.07) is 9.02. The molecule has 2 rings (SSSR count). The van der Waals surface area contributed by atoms with E-state index in [1.54, 1.807) is 7.11 Å². The summed E-state index contributed by atoms with van der Waals surface area (Å²) in [7, 11) is 2.95. The number of benzene rings is 1. The van der Waals surface area contributed by atoms with Crippen LogP contribution in [0.15, 0.2) is 30.3 Å². The Morgan fingerprint density at radius 3 is 2.56 bits per heavy atom. The van der Waals surface area contributed by atoms with Crippen molar-refractivity contribution in [3.05, 3.63) is 35.9 Å². The second-order valence-electron chi connectivity index (χ2n) is 6.47. The molecule has 0 saturated carbocycles. The highest BCUT2D eigenvalue weighted by atomic mass is 16.5. The molecule has 1 amide bonds. The Kier molecular flexibility index (Phi) is 7.40. The van der Waals surface area contributed by atoms with Crippen molar-refractivity contribution in [3.63, 3.8) is 0 Å².